The number of allylic oxidation sites excluding steroid dienone is 2. The van der Waals surface area contributed by atoms with Crippen LogP contribution < -0.4 is 4.52 Å². The molecule has 19 heteroatoms. The van der Waals surface area contributed by atoms with Crippen molar-refractivity contribution in [2.75, 3.05) is 13.2 Å². The summed E-state index contributed by atoms with van der Waals surface area (Å²) in [6, 6.07) is 1.42. The highest BCUT2D eigenvalue weighted by atomic mass is 35.5. The van der Waals surface area contributed by atoms with Crippen molar-refractivity contribution in [3.63, 3.8) is 0 Å². The second kappa shape index (κ2) is 15.7. The Bertz CT molecular complexity index is 1470. The molecule has 3 rings (SSSR count). The molecule has 0 spiro atoms. The second-order valence-electron chi connectivity index (χ2n) is 9.73. The van der Waals surface area contributed by atoms with E-state index in [9.17, 15) is 35.5 Å². The van der Waals surface area contributed by atoms with Gasteiger partial charge in [-0.15, -0.1) is 0 Å². The van der Waals surface area contributed by atoms with Crippen molar-refractivity contribution in [3.05, 3.63) is 66.8 Å². The van der Waals surface area contributed by atoms with Gasteiger partial charge in [-0.1, -0.05) is 66.3 Å². The van der Waals surface area contributed by atoms with Gasteiger partial charge in [0.1, 0.15) is 16.7 Å². The Hall–Kier alpha value is -1.38. The fourth-order valence-electron chi connectivity index (χ4n) is 3.84. The average molecular weight is 769 g/mol. The van der Waals surface area contributed by atoms with Crippen LogP contribution in [-0.2, 0) is 37.0 Å². The highest BCUT2D eigenvalue weighted by Crippen LogP contribution is 2.60. The first-order valence-corrected chi connectivity index (χ1v) is 16.7. The monoisotopic (exact) mass is 767 g/mol. The zero-order valence-corrected chi connectivity index (χ0v) is 28.7. The molecule has 0 N–H and O–H groups in total. The lowest BCUT2D eigenvalue weighted by Gasteiger charge is -2.20. The molecule has 1 aliphatic carbocycles. The van der Waals surface area contributed by atoms with E-state index in [2.05, 4.69) is 4.98 Å². The number of ether oxygens (including phenoxy) is 1. The topological polar surface area (TPSA) is 66.9 Å². The van der Waals surface area contributed by atoms with Gasteiger partial charge < -0.3 is 9.26 Å². The molecule has 2 atom stereocenters. The van der Waals surface area contributed by atoms with Crippen LogP contribution in [0, 0.1) is 47.4 Å². The second-order valence-corrected chi connectivity index (χ2v) is 14.2. The van der Waals surface area contributed by atoms with E-state index in [4.69, 9.17) is 76.5 Å². The van der Waals surface area contributed by atoms with Crippen LogP contribution in [0.15, 0.2) is 17.2 Å². The van der Waals surface area contributed by atoms with Gasteiger partial charge in [-0.2, -0.15) is 18.2 Å². The number of pyridine rings is 1. The molecule has 1 aromatic carbocycles. The molecule has 1 fully saturated rings. The molecular weight excluding hydrogens is 744 g/mol. The Morgan fingerprint density at radius 2 is 1.53 bits per heavy atom. The van der Waals surface area contributed by atoms with E-state index in [1.54, 1.807) is 13.8 Å². The molecule has 0 bridgehead atoms. The van der Waals surface area contributed by atoms with Crippen LogP contribution in [0.3, 0.4) is 0 Å². The Morgan fingerprint density at radius 1 is 1.02 bits per heavy atom. The van der Waals surface area contributed by atoms with Gasteiger partial charge in [0.05, 0.1) is 29.7 Å². The van der Waals surface area contributed by atoms with Crippen molar-refractivity contribution in [1.29, 1.82) is 0 Å². The van der Waals surface area contributed by atoms with Crippen LogP contribution in [0.1, 0.15) is 38.8 Å². The zero-order valence-electron chi connectivity index (χ0n) is 23.9. The van der Waals surface area contributed by atoms with Crippen molar-refractivity contribution in [1.82, 2.24) is 4.98 Å². The molecule has 6 nitrogen and oxygen atoms in total. The van der Waals surface area contributed by atoms with E-state index in [1.165, 1.54) is 19.9 Å². The molecule has 1 aromatic heterocycles. The molecule has 0 saturated heterocycles. The van der Waals surface area contributed by atoms with Crippen LogP contribution in [-0.4, -0.2) is 30.3 Å². The molecule has 0 amide bonds. The summed E-state index contributed by atoms with van der Waals surface area (Å²) < 4.78 is 113. The number of hydrogen-bond donors (Lipinski definition) is 0. The lowest BCUT2D eigenvalue weighted by Crippen LogP contribution is -2.14. The summed E-state index contributed by atoms with van der Waals surface area (Å²) in [4.78, 5) is 16.0. The van der Waals surface area contributed by atoms with E-state index in [0.717, 1.165) is 6.92 Å². The number of carbonyl (C=O) groups excluding carboxylic acids is 1. The first-order valence-electron chi connectivity index (χ1n) is 12.7. The molecule has 2 aromatic rings. The van der Waals surface area contributed by atoms with Gasteiger partial charge in [0.2, 0.25) is 5.88 Å². The molecule has 0 unspecified atom stereocenters. The van der Waals surface area contributed by atoms with Gasteiger partial charge in [0.15, 0.2) is 28.4 Å². The zero-order chi connectivity index (χ0) is 34.7. The molecule has 252 valence electrons. The van der Waals surface area contributed by atoms with Gasteiger partial charge >= 0.3 is 18.9 Å². The fourth-order valence-corrected chi connectivity index (χ4v) is 6.57. The van der Waals surface area contributed by atoms with Gasteiger partial charge in [0, 0.05) is 17.4 Å². The number of carbonyl (C=O) groups is 1. The maximum atomic E-state index is 13.8. The molecule has 0 aliphatic heterocycles. The number of hydrogen-bond acceptors (Lipinski definition) is 7. The van der Waals surface area contributed by atoms with Crippen LogP contribution in [0.2, 0.25) is 15.2 Å². The van der Waals surface area contributed by atoms with Crippen LogP contribution in [0.5, 0.6) is 5.88 Å². The minimum absolute atomic E-state index is 0.0521. The summed E-state index contributed by atoms with van der Waals surface area (Å²) >= 11 is 27.8. The molecular formula is C26H25Cl4F7NO5PS. The van der Waals surface area contributed by atoms with E-state index in [-0.39, 0.29) is 21.1 Å². The number of nitrogens with zero attached hydrogens (tertiary/aromatic N) is 1. The van der Waals surface area contributed by atoms with Gasteiger partial charge in [-0.3, -0.25) is 13.8 Å². The summed E-state index contributed by atoms with van der Waals surface area (Å²) in [5.74, 6) is -9.63. The number of halogens is 11. The van der Waals surface area contributed by atoms with Crippen molar-refractivity contribution in [3.8, 4) is 5.88 Å². The van der Waals surface area contributed by atoms with Crippen molar-refractivity contribution >= 4 is 70.9 Å². The highest BCUT2D eigenvalue weighted by Gasteiger charge is 2.62. The van der Waals surface area contributed by atoms with Gasteiger partial charge in [-0.05, 0) is 38.2 Å². The lowest BCUT2D eigenvalue weighted by molar-refractivity contribution is -0.147. The number of alkyl halides is 3. The number of aromatic nitrogens is 1. The molecule has 1 heterocycles. The van der Waals surface area contributed by atoms with E-state index >= 15 is 0 Å². The van der Waals surface area contributed by atoms with Crippen molar-refractivity contribution in [2.45, 2.75) is 47.4 Å². The molecule has 45 heavy (non-hydrogen) atoms. The maximum absolute atomic E-state index is 13.8. The Morgan fingerprint density at radius 3 is 2.00 bits per heavy atom. The van der Waals surface area contributed by atoms with Crippen molar-refractivity contribution < 1.29 is 53.8 Å². The number of benzene rings is 1. The third-order valence-corrected chi connectivity index (χ3v) is 10.0. The summed E-state index contributed by atoms with van der Waals surface area (Å²) in [6.45, 7) is 4.05. The van der Waals surface area contributed by atoms with Crippen LogP contribution in [0.4, 0.5) is 30.7 Å². The maximum Gasteiger partial charge on any atom is 0.426 e. The fraction of sp³-hybridized carbons (Fsp3) is 0.462. The summed E-state index contributed by atoms with van der Waals surface area (Å²) in [5.41, 5.74) is -2.93. The number of esters is 1. The molecule has 0 radical (unpaired) electrons. The third kappa shape index (κ3) is 9.82. The molecule has 1 saturated carbocycles. The third-order valence-electron chi connectivity index (χ3n) is 6.32. The lowest BCUT2D eigenvalue weighted by atomic mass is 10.1. The smallest absolute Gasteiger partial charge is 0.426 e. The first-order chi connectivity index (χ1) is 20.6. The Balaban J connectivity index is 0.000000341. The van der Waals surface area contributed by atoms with E-state index in [0.29, 0.717) is 19.3 Å². The Labute approximate surface area is 279 Å². The van der Waals surface area contributed by atoms with Crippen LogP contribution >= 0.6 is 53.1 Å². The summed E-state index contributed by atoms with van der Waals surface area (Å²) in [5, 5.41) is -0.908. The van der Waals surface area contributed by atoms with E-state index in [1.807, 2.05) is 0 Å². The standard InChI is InChI=1S/C17H14ClF7O2.C9H11Cl3NO3PS/c1-6-11(19)13(21)7(14(22)12(6)20)5-27-15(26)10-8(16(10,2)3)4-9(18)17(23,24)25;1-3-14-17(18,15-4-2)16-9-7(11)5-6(10)8(12)13-9/h4,8,10H,5H2,1-3H3;5H,3-4H2,1-2H3/b9-4-;/t8-,10-;/m0./s1. The van der Waals surface area contributed by atoms with Crippen molar-refractivity contribution in [2.24, 2.45) is 17.3 Å². The SMILES string of the molecule is CCOP(=S)(OCC)Oc1nc(Cl)c(Cl)cc1Cl.Cc1c(F)c(F)c(COC(=O)[C@@H]2[C@H](/C=C(\Cl)C(F)(F)F)C2(C)C)c(F)c1F. The predicted octanol–water partition coefficient (Wildman–Crippen LogP) is 10.3. The normalized spacial score (nSPS) is 17.8. The number of rotatable bonds is 10. The summed E-state index contributed by atoms with van der Waals surface area (Å²) in [7, 11) is 0. The highest BCUT2D eigenvalue weighted by molar-refractivity contribution is 8.07. The van der Waals surface area contributed by atoms with E-state index < -0.39 is 82.1 Å². The quantitative estimate of drug-likeness (QED) is 0.0784. The Kier molecular flexibility index (Phi) is 13.9. The molecule has 1 aliphatic rings. The predicted molar refractivity (Wildman–Crippen MR) is 159 cm³/mol. The van der Waals surface area contributed by atoms with Gasteiger partial charge in [-0.25, -0.2) is 17.6 Å². The minimum atomic E-state index is -4.78. The first kappa shape index (κ1) is 39.8. The minimum Gasteiger partial charge on any atom is -0.460 e. The van der Waals surface area contributed by atoms with Crippen LogP contribution in [0.25, 0.3) is 0 Å². The summed E-state index contributed by atoms with van der Waals surface area (Å²) in [6.07, 6.45) is -4.11. The van der Waals surface area contributed by atoms with Gasteiger partial charge in [0.25, 0.3) is 0 Å². The average Bonchev–Trinajstić information content (AvgIpc) is 3.48. The largest absolute Gasteiger partial charge is 0.460 e.